The molecule has 0 spiro atoms. The molecule has 0 atom stereocenters. The van der Waals surface area contributed by atoms with Crippen molar-refractivity contribution in [2.45, 2.75) is 32.6 Å². The Labute approximate surface area is 178 Å². The molecule has 0 unspecified atom stereocenters. The normalized spacial score (nSPS) is 11.2. The molecule has 2 aromatic rings. The van der Waals surface area contributed by atoms with E-state index in [9.17, 15) is 18.0 Å². The number of carbonyl (C=O) groups is 2. The lowest BCUT2D eigenvalue weighted by atomic mass is 10.1. The fraction of sp³-hybridized carbons (Fsp3) is 0.364. The zero-order chi connectivity index (χ0) is 22.3. The van der Waals surface area contributed by atoms with E-state index in [4.69, 9.17) is 4.74 Å². The Morgan fingerprint density at radius 3 is 2.37 bits per heavy atom. The SMILES string of the molecule is CCN(c1ccccc1)S(=O)(=O)c1cc(C(=O)OCC(=O)NCC(C)C)ccc1C. The van der Waals surface area contributed by atoms with Gasteiger partial charge in [-0.05, 0) is 49.6 Å². The van der Waals surface area contributed by atoms with Crippen LogP contribution in [0.3, 0.4) is 0 Å². The van der Waals surface area contributed by atoms with Crippen LogP contribution in [0.15, 0.2) is 53.4 Å². The van der Waals surface area contributed by atoms with Crippen LogP contribution in [0.2, 0.25) is 0 Å². The highest BCUT2D eigenvalue weighted by Gasteiger charge is 2.26. The van der Waals surface area contributed by atoms with Crippen molar-refractivity contribution in [1.29, 1.82) is 0 Å². The number of carbonyl (C=O) groups excluding carboxylic acids is 2. The number of rotatable bonds is 9. The number of nitrogens with zero attached hydrogens (tertiary/aromatic N) is 1. The summed E-state index contributed by atoms with van der Waals surface area (Å²) in [6, 6.07) is 13.1. The summed E-state index contributed by atoms with van der Waals surface area (Å²) < 4.78 is 32.9. The third-order valence-electron chi connectivity index (χ3n) is 4.37. The van der Waals surface area contributed by atoms with Crippen molar-refractivity contribution in [2.75, 3.05) is 24.0 Å². The Morgan fingerprint density at radius 1 is 1.10 bits per heavy atom. The first-order valence-corrected chi connectivity index (χ1v) is 11.2. The number of hydrogen-bond donors (Lipinski definition) is 1. The lowest BCUT2D eigenvalue weighted by Gasteiger charge is -2.24. The molecule has 0 bridgehead atoms. The van der Waals surface area contributed by atoms with Crippen LogP contribution < -0.4 is 9.62 Å². The molecule has 2 rings (SSSR count). The number of esters is 1. The van der Waals surface area contributed by atoms with Crippen molar-refractivity contribution < 1.29 is 22.7 Å². The smallest absolute Gasteiger partial charge is 0.338 e. The molecule has 1 amide bonds. The van der Waals surface area contributed by atoms with Crippen molar-refractivity contribution >= 4 is 27.6 Å². The van der Waals surface area contributed by atoms with Crippen LogP contribution in [-0.2, 0) is 19.6 Å². The molecule has 30 heavy (non-hydrogen) atoms. The maximum atomic E-state index is 13.3. The summed E-state index contributed by atoms with van der Waals surface area (Å²) in [5.74, 6) is -0.882. The third-order valence-corrected chi connectivity index (χ3v) is 6.41. The zero-order valence-electron chi connectivity index (χ0n) is 17.7. The first-order valence-electron chi connectivity index (χ1n) is 9.79. The summed E-state index contributed by atoms with van der Waals surface area (Å²) in [6.45, 7) is 7.61. The minimum Gasteiger partial charge on any atom is -0.452 e. The molecular weight excluding hydrogens is 404 g/mol. The van der Waals surface area contributed by atoms with E-state index in [-0.39, 0.29) is 22.9 Å². The van der Waals surface area contributed by atoms with Gasteiger partial charge in [-0.1, -0.05) is 38.1 Å². The number of para-hydroxylation sites is 1. The van der Waals surface area contributed by atoms with Crippen molar-refractivity contribution in [1.82, 2.24) is 5.32 Å². The molecule has 0 aliphatic rings. The molecule has 0 aliphatic heterocycles. The second-order valence-corrected chi connectivity index (χ2v) is 9.09. The van der Waals surface area contributed by atoms with Gasteiger partial charge in [0.05, 0.1) is 16.1 Å². The van der Waals surface area contributed by atoms with Crippen molar-refractivity contribution in [3.8, 4) is 0 Å². The lowest BCUT2D eigenvalue weighted by Crippen LogP contribution is -2.32. The number of ether oxygens (including phenoxy) is 1. The van der Waals surface area contributed by atoms with E-state index >= 15 is 0 Å². The number of aryl methyl sites for hydroxylation is 1. The van der Waals surface area contributed by atoms with Gasteiger partial charge in [-0.3, -0.25) is 9.10 Å². The molecule has 162 valence electrons. The van der Waals surface area contributed by atoms with Crippen LogP contribution >= 0.6 is 0 Å². The first kappa shape index (κ1) is 23.4. The zero-order valence-corrected chi connectivity index (χ0v) is 18.5. The predicted octanol–water partition coefficient (Wildman–Crippen LogP) is 3.14. The van der Waals surface area contributed by atoms with Crippen LogP contribution in [0.4, 0.5) is 5.69 Å². The van der Waals surface area contributed by atoms with Gasteiger partial charge in [-0.25, -0.2) is 13.2 Å². The number of nitrogens with one attached hydrogen (secondary N) is 1. The average molecular weight is 433 g/mol. The fourth-order valence-corrected chi connectivity index (χ4v) is 4.52. The molecule has 0 fully saturated rings. The van der Waals surface area contributed by atoms with Gasteiger partial charge < -0.3 is 10.1 Å². The molecule has 8 heteroatoms. The summed E-state index contributed by atoms with van der Waals surface area (Å²) in [7, 11) is -3.89. The van der Waals surface area contributed by atoms with Crippen LogP contribution in [0.1, 0.15) is 36.7 Å². The second-order valence-electron chi connectivity index (χ2n) is 7.26. The summed E-state index contributed by atoms with van der Waals surface area (Å²) in [5, 5.41) is 2.66. The number of sulfonamides is 1. The first-order chi connectivity index (χ1) is 14.2. The third kappa shape index (κ3) is 5.82. The fourth-order valence-electron chi connectivity index (χ4n) is 2.79. The van der Waals surface area contributed by atoms with Crippen LogP contribution in [0, 0.1) is 12.8 Å². The Morgan fingerprint density at radius 2 is 1.77 bits per heavy atom. The molecule has 0 saturated heterocycles. The maximum Gasteiger partial charge on any atom is 0.338 e. The van der Waals surface area contributed by atoms with Gasteiger partial charge >= 0.3 is 5.97 Å². The van der Waals surface area contributed by atoms with Gasteiger partial charge in [-0.15, -0.1) is 0 Å². The van der Waals surface area contributed by atoms with E-state index in [0.29, 0.717) is 17.8 Å². The number of amides is 1. The van der Waals surface area contributed by atoms with Gasteiger partial charge in [0.25, 0.3) is 15.9 Å². The van der Waals surface area contributed by atoms with Gasteiger partial charge in [0.15, 0.2) is 6.61 Å². The summed E-state index contributed by atoms with van der Waals surface area (Å²) in [6.07, 6.45) is 0. The summed E-state index contributed by atoms with van der Waals surface area (Å²) in [5.41, 5.74) is 1.12. The standard InChI is InChI=1S/C22H28N2O5S/c1-5-24(19-9-7-6-8-10-19)30(27,28)20-13-18(12-11-17(20)4)22(26)29-15-21(25)23-14-16(2)3/h6-13,16H,5,14-15H2,1-4H3,(H,23,25). The molecule has 0 saturated carbocycles. The molecule has 0 heterocycles. The van der Waals surface area contributed by atoms with Crippen molar-refractivity contribution in [2.24, 2.45) is 5.92 Å². The van der Waals surface area contributed by atoms with E-state index in [1.165, 1.54) is 16.4 Å². The van der Waals surface area contributed by atoms with Gasteiger partial charge in [0.1, 0.15) is 0 Å². The Kier molecular flexibility index (Phi) is 8.00. The second kappa shape index (κ2) is 10.2. The highest BCUT2D eigenvalue weighted by molar-refractivity contribution is 7.92. The molecule has 0 aromatic heterocycles. The Bertz CT molecular complexity index is 988. The minimum absolute atomic E-state index is 0.0203. The van der Waals surface area contributed by atoms with Crippen molar-refractivity contribution in [3.05, 3.63) is 59.7 Å². The van der Waals surface area contributed by atoms with E-state index in [1.54, 1.807) is 44.2 Å². The number of benzene rings is 2. The average Bonchev–Trinajstić information content (AvgIpc) is 2.71. The van der Waals surface area contributed by atoms with E-state index in [2.05, 4.69) is 5.32 Å². The maximum absolute atomic E-state index is 13.3. The summed E-state index contributed by atoms with van der Waals surface area (Å²) in [4.78, 5) is 24.2. The van der Waals surface area contributed by atoms with Crippen molar-refractivity contribution in [3.63, 3.8) is 0 Å². The van der Waals surface area contributed by atoms with E-state index < -0.39 is 28.5 Å². The van der Waals surface area contributed by atoms with E-state index in [1.807, 2.05) is 19.9 Å². The highest BCUT2D eigenvalue weighted by Crippen LogP contribution is 2.26. The van der Waals surface area contributed by atoms with Crippen LogP contribution in [0.25, 0.3) is 0 Å². The van der Waals surface area contributed by atoms with Gasteiger partial charge in [0.2, 0.25) is 0 Å². The molecule has 7 nitrogen and oxygen atoms in total. The molecular formula is C22H28N2O5S. The summed E-state index contributed by atoms with van der Waals surface area (Å²) >= 11 is 0. The lowest BCUT2D eigenvalue weighted by molar-refractivity contribution is -0.124. The van der Waals surface area contributed by atoms with Gasteiger partial charge in [-0.2, -0.15) is 0 Å². The number of hydrogen-bond acceptors (Lipinski definition) is 5. The monoisotopic (exact) mass is 432 g/mol. The largest absolute Gasteiger partial charge is 0.452 e. The number of anilines is 1. The molecule has 1 N–H and O–H groups in total. The Balaban J connectivity index is 2.23. The quantitative estimate of drug-likeness (QED) is 0.615. The topological polar surface area (TPSA) is 92.8 Å². The van der Waals surface area contributed by atoms with Crippen LogP contribution in [0.5, 0.6) is 0 Å². The minimum atomic E-state index is -3.89. The molecule has 0 aliphatic carbocycles. The van der Waals surface area contributed by atoms with Gasteiger partial charge in [0, 0.05) is 13.1 Å². The predicted molar refractivity (Wildman–Crippen MR) is 116 cm³/mol. The Hall–Kier alpha value is -2.87. The molecule has 0 radical (unpaired) electrons. The van der Waals surface area contributed by atoms with E-state index in [0.717, 1.165) is 0 Å². The van der Waals surface area contributed by atoms with Crippen LogP contribution in [-0.4, -0.2) is 40.0 Å². The highest BCUT2D eigenvalue weighted by atomic mass is 32.2. The molecule has 2 aromatic carbocycles.